The van der Waals surface area contributed by atoms with Crippen LogP contribution >= 0.6 is 11.8 Å². The zero-order valence-electron chi connectivity index (χ0n) is 11.3. The second kappa shape index (κ2) is 5.56. The largest absolute Gasteiger partial charge is 0.271 e. The number of fused-ring (bicyclic) bond motifs is 1. The molecule has 0 saturated heterocycles. The van der Waals surface area contributed by atoms with Crippen LogP contribution in [-0.2, 0) is 0 Å². The SMILES string of the molecule is CSC(=Nc1ccc(C2CC2)c2ccccc12)NC#N. The summed E-state index contributed by atoms with van der Waals surface area (Å²) in [7, 11) is 0. The van der Waals surface area contributed by atoms with Gasteiger partial charge in [-0.1, -0.05) is 42.1 Å². The van der Waals surface area contributed by atoms with E-state index in [0.29, 0.717) is 5.17 Å². The van der Waals surface area contributed by atoms with Crippen molar-refractivity contribution in [2.45, 2.75) is 18.8 Å². The summed E-state index contributed by atoms with van der Waals surface area (Å²) in [5, 5.41) is 14.4. The highest BCUT2D eigenvalue weighted by atomic mass is 32.2. The first-order valence-corrected chi connectivity index (χ1v) is 7.85. The van der Waals surface area contributed by atoms with Crippen molar-refractivity contribution in [2.24, 2.45) is 4.99 Å². The van der Waals surface area contributed by atoms with Crippen LogP contribution in [-0.4, -0.2) is 11.4 Å². The Labute approximate surface area is 122 Å². The number of nitrogens with zero attached hydrogens (tertiary/aromatic N) is 2. The first-order chi connectivity index (χ1) is 9.83. The van der Waals surface area contributed by atoms with Gasteiger partial charge in [0.25, 0.3) is 0 Å². The Balaban J connectivity index is 2.13. The van der Waals surface area contributed by atoms with Crippen LogP contribution in [0, 0.1) is 11.5 Å². The van der Waals surface area contributed by atoms with E-state index in [4.69, 9.17) is 5.26 Å². The summed E-state index contributed by atoms with van der Waals surface area (Å²) in [6.07, 6.45) is 6.41. The number of rotatable bonds is 2. The third kappa shape index (κ3) is 2.50. The topological polar surface area (TPSA) is 48.2 Å². The van der Waals surface area contributed by atoms with Gasteiger partial charge in [0, 0.05) is 5.39 Å². The molecule has 1 aliphatic carbocycles. The fraction of sp³-hybridized carbons (Fsp3) is 0.250. The van der Waals surface area contributed by atoms with Gasteiger partial charge in [0.15, 0.2) is 11.4 Å². The quantitative estimate of drug-likeness (QED) is 0.389. The standard InChI is InChI=1S/C16H15N3S/c1-20-16(18-10-17)19-15-9-8-12(11-6-7-11)13-4-2-3-5-14(13)15/h2-5,8-9,11H,6-7H2,1H3,(H,18,19). The molecular weight excluding hydrogens is 266 g/mol. The number of nitrogens with one attached hydrogen (secondary N) is 1. The van der Waals surface area contributed by atoms with E-state index in [1.807, 2.05) is 18.5 Å². The minimum atomic E-state index is 0.622. The molecule has 2 aromatic rings. The van der Waals surface area contributed by atoms with Crippen molar-refractivity contribution in [3.63, 3.8) is 0 Å². The molecule has 4 heteroatoms. The van der Waals surface area contributed by atoms with Crippen LogP contribution < -0.4 is 5.32 Å². The molecule has 1 aliphatic rings. The summed E-state index contributed by atoms with van der Waals surface area (Å²) in [6.45, 7) is 0. The smallest absolute Gasteiger partial charge is 0.183 e. The normalized spacial score (nSPS) is 15.1. The first-order valence-electron chi connectivity index (χ1n) is 6.63. The first kappa shape index (κ1) is 13.0. The molecule has 0 bridgehead atoms. The van der Waals surface area contributed by atoms with E-state index < -0.39 is 0 Å². The molecule has 2 aromatic carbocycles. The zero-order valence-corrected chi connectivity index (χ0v) is 12.1. The van der Waals surface area contributed by atoms with Crippen LogP contribution in [0.15, 0.2) is 41.4 Å². The van der Waals surface area contributed by atoms with Gasteiger partial charge in [0.05, 0.1) is 5.69 Å². The van der Waals surface area contributed by atoms with Gasteiger partial charge in [-0.15, -0.1) is 0 Å². The molecule has 20 heavy (non-hydrogen) atoms. The van der Waals surface area contributed by atoms with Gasteiger partial charge in [-0.2, -0.15) is 5.26 Å². The molecule has 0 aliphatic heterocycles. The number of hydrogen-bond donors (Lipinski definition) is 1. The molecule has 0 radical (unpaired) electrons. The zero-order chi connectivity index (χ0) is 13.9. The lowest BCUT2D eigenvalue weighted by Gasteiger charge is -2.09. The van der Waals surface area contributed by atoms with Crippen LogP contribution in [0.4, 0.5) is 5.69 Å². The summed E-state index contributed by atoms with van der Waals surface area (Å²) in [5.41, 5.74) is 2.34. The molecule has 1 N–H and O–H groups in total. The predicted molar refractivity (Wildman–Crippen MR) is 85.3 cm³/mol. The highest BCUT2D eigenvalue weighted by molar-refractivity contribution is 8.13. The Morgan fingerprint density at radius 2 is 2.00 bits per heavy atom. The maximum Gasteiger partial charge on any atom is 0.183 e. The lowest BCUT2D eigenvalue weighted by molar-refractivity contribution is 1.15. The summed E-state index contributed by atoms with van der Waals surface area (Å²) in [5.74, 6) is 0.718. The average molecular weight is 281 g/mol. The molecular formula is C16H15N3S. The highest BCUT2D eigenvalue weighted by Gasteiger charge is 2.25. The Bertz CT molecular complexity index is 711. The van der Waals surface area contributed by atoms with Crippen molar-refractivity contribution >= 4 is 33.4 Å². The van der Waals surface area contributed by atoms with E-state index in [0.717, 1.165) is 17.0 Å². The summed E-state index contributed by atoms with van der Waals surface area (Å²) < 4.78 is 0. The van der Waals surface area contributed by atoms with Crippen LogP contribution in [0.25, 0.3) is 10.8 Å². The average Bonchev–Trinajstić information content (AvgIpc) is 3.31. The monoisotopic (exact) mass is 281 g/mol. The van der Waals surface area contributed by atoms with Gasteiger partial charge in [-0.3, -0.25) is 5.32 Å². The highest BCUT2D eigenvalue weighted by Crippen LogP contribution is 2.44. The van der Waals surface area contributed by atoms with Crippen LogP contribution in [0.5, 0.6) is 0 Å². The van der Waals surface area contributed by atoms with E-state index >= 15 is 0 Å². The van der Waals surface area contributed by atoms with Gasteiger partial charge < -0.3 is 0 Å². The van der Waals surface area contributed by atoms with Gasteiger partial charge >= 0.3 is 0 Å². The predicted octanol–water partition coefficient (Wildman–Crippen LogP) is 4.14. The van der Waals surface area contributed by atoms with Gasteiger partial charge in [-0.05, 0) is 42.0 Å². The lowest BCUT2D eigenvalue weighted by atomic mass is 10.00. The Kier molecular flexibility index (Phi) is 3.62. The van der Waals surface area contributed by atoms with E-state index in [2.05, 4.69) is 40.6 Å². The number of amidine groups is 1. The molecule has 0 spiro atoms. The maximum atomic E-state index is 8.73. The Hall–Kier alpha value is -1.99. The summed E-state index contributed by atoms with van der Waals surface area (Å²) >= 11 is 1.44. The Morgan fingerprint density at radius 3 is 2.65 bits per heavy atom. The van der Waals surface area contributed by atoms with E-state index in [9.17, 15) is 0 Å². The Morgan fingerprint density at radius 1 is 1.25 bits per heavy atom. The number of nitriles is 1. The van der Waals surface area contributed by atoms with Crippen molar-refractivity contribution in [1.29, 1.82) is 5.26 Å². The second-order valence-corrected chi connectivity index (χ2v) is 5.65. The third-order valence-electron chi connectivity index (χ3n) is 3.53. The van der Waals surface area contributed by atoms with E-state index in [1.54, 1.807) is 0 Å². The van der Waals surface area contributed by atoms with Gasteiger partial charge in [0.2, 0.25) is 0 Å². The fourth-order valence-corrected chi connectivity index (χ4v) is 2.77. The van der Waals surface area contributed by atoms with Crippen LogP contribution in [0.2, 0.25) is 0 Å². The van der Waals surface area contributed by atoms with Gasteiger partial charge in [-0.25, -0.2) is 4.99 Å². The van der Waals surface area contributed by atoms with Crippen molar-refractivity contribution in [3.05, 3.63) is 42.0 Å². The second-order valence-electron chi connectivity index (χ2n) is 4.85. The van der Waals surface area contributed by atoms with Crippen molar-refractivity contribution in [1.82, 2.24) is 5.32 Å². The van der Waals surface area contributed by atoms with E-state index in [1.165, 1.54) is 35.6 Å². The molecule has 3 rings (SSSR count). The van der Waals surface area contributed by atoms with Crippen molar-refractivity contribution in [3.8, 4) is 6.19 Å². The molecule has 0 amide bonds. The number of aliphatic imine (C=N–C) groups is 1. The lowest BCUT2D eigenvalue weighted by Crippen LogP contribution is -2.12. The van der Waals surface area contributed by atoms with Crippen molar-refractivity contribution < 1.29 is 0 Å². The minimum absolute atomic E-state index is 0.622. The fourth-order valence-electron chi connectivity index (χ4n) is 2.44. The molecule has 0 unspecified atom stereocenters. The van der Waals surface area contributed by atoms with Crippen LogP contribution in [0.1, 0.15) is 24.3 Å². The van der Waals surface area contributed by atoms with Gasteiger partial charge in [0.1, 0.15) is 0 Å². The van der Waals surface area contributed by atoms with E-state index in [-0.39, 0.29) is 0 Å². The maximum absolute atomic E-state index is 8.73. The molecule has 100 valence electrons. The summed E-state index contributed by atoms with van der Waals surface area (Å²) in [4.78, 5) is 4.56. The molecule has 1 fully saturated rings. The molecule has 0 heterocycles. The molecule has 3 nitrogen and oxygen atoms in total. The summed E-state index contributed by atoms with van der Waals surface area (Å²) in [6, 6.07) is 12.6. The third-order valence-corrected chi connectivity index (χ3v) is 4.11. The number of thioether (sulfide) groups is 1. The van der Waals surface area contributed by atoms with Crippen LogP contribution in [0.3, 0.4) is 0 Å². The molecule has 0 aromatic heterocycles. The van der Waals surface area contributed by atoms with Crippen molar-refractivity contribution in [2.75, 3.05) is 6.26 Å². The molecule has 0 atom stereocenters. The number of benzene rings is 2. The molecule has 1 saturated carbocycles. The minimum Gasteiger partial charge on any atom is -0.271 e. The number of hydrogen-bond acceptors (Lipinski definition) is 3.